The molecule has 1 aliphatic heterocycles. The summed E-state index contributed by atoms with van der Waals surface area (Å²) < 4.78 is 91.2. The molecule has 2 aromatic carbocycles. The predicted molar refractivity (Wildman–Crippen MR) is 168 cm³/mol. The highest BCUT2D eigenvalue weighted by atomic mass is 19.4. The molecule has 2 aromatic rings. The van der Waals surface area contributed by atoms with Gasteiger partial charge in [0.2, 0.25) is 0 Å². The molecule has 0 aromatic heterocycles. The van der Waals surface area contributed by atoms with Crippen molar-refractivity contribution in [1.29, 1.82) is 0 Å². The maximum absolute atomic E-state index is 15.4. The monoisotopic (exact) mass is 676 g/mol. The molecule has 4 fully saturated rings. The molecule has 6 atom stereocenters. The van der Waals surface area contributed by atoms with Crippen LogP contribution in [0.2, 0.25) is 0 Å². The van der Waals surface area contributed by atoms with Gasteiger partial charge in [-0.15, -0.1) is 0 Å². The number of aliphatic hydroxyl groups is 2. The van der Waals surface area contributed by atoms with Crippen molar-refractivity contribution in [3.05, 3.63) is 76.9 Å². The fourth-order valence-electron chi connectivity index (χ4n) is 9.84. The SMILES string of the molecule is CC1(C)COC2(CCC3=C4C(CCC3(O)C2)C2CC[C@@](O)(C(F)(F)C(F)(F)F)[C@@]2(C)C[C@@H]4c2ccc(OCc3ccccc3)cc2)OC1. The third-order valence-corrected chi connectivity index (χ3v) is 12.4. The topological polar surface area (TPSA) is 68.2 Å². The second-order valence-corrected chi connectivity index (χ2v) is 16.0. The minimum atomic E-state index is -5.90. The molecule has 1 saturated heterocycles. The van der Waals surface area contributed by atoms with Gasteiger partial charge in [-0.1, -0.05) is 68.8 Å². The number of benzene rings is 2. The molecule has 4 aliphatic carbocycles. The molecule has 0 amide bonds. The molecule has 1 heterocycles. The van der Waals surface area contributed by atoms with Crippen LogP contribution in [0, 0.1) is 22.7 Å². The number of fused-ring (bicyclic) bond motifs is 4. The number of ether oxygens (including phenoxy) is 3. The first-order valence-corrected chi connectivity index (χ1v) is 17.1. The molecule has 3 unspecified atom stereocenters. The molecule has 262 valence electrons. The van der Waals surface area contributed by atoms with Gasteiger partial charge >= 0.3 is 12.1 Å². The lowest BCUT2D eigenvalue weighted by molar-refractivity contribution is -0.362. The van der Waals surface area contributed by atoms with E-state index in [9.17, 15) is 23.4 Å². The molecular formula is C38H45F5O5. The van der Waals surface area contributed by atoms with E-state index < -0.39 is 52.8 Å². The lowest BCUT2D eigenvalue weighted by atomic mass is 9.49. The van der Waals surface area contributed by atoms with Gasteiger partial charge in [0.05, 0.1) is 18.8 Å². The largest absolute Gasteiger partial charge is 0.489 e. The van der Waals surface area contributed by atoms with Crippen LogP contribution >= 0.6 is 0 Å². The van der Waals surface area contributed by atoms with Crippen molar-refractivity contribution in [2.45, 2.75) is 114 Å². The Morgan fingerprint density at radius 2 is 1.52 bits per heavy atom. The first-order chi connectivity index (χ1) is 22.4. The summed E-state index contributed by atoms with van der Waals surface area (Å²) in [5.41, 5.74) is -2.95. The summed E-state index contributed by atoms with van der Waals surface area (Å²) in [7, 11) is 0. The van der Waals surface area contributed by atoms with E-state index in [1.165, 1.54) is 6.92 Å². The minimum absolute atomic E-state index is 0.0444. The van der Waals surface area contributed by atoms with Gasteiger partial charge in [-0.05, 0) is 79.2 Å². The van der Waals surface area contributed by atoms with Gasteiger partial charge in [0.25, 0.3) is 0 Å². The van der Waals surface area contributed by atoms with Crippen molar-refractivity contribution in [1.82, 2.24) is 0 Å². The van der Waals surface area contributed by atoms with Crippen molar-refractivity contribution in [3.8, 4) is 5.75 Å². The number of hydrogen-bond acceptors (Lipinski definition) is 5. The number of alkyl halides is 5. The number of hydrogen-bond donors (Lipinski definition) is 2. The Balaban J connectivity index is 1.27. The summed E-state index contributed by atoms with van der Waals surface area (Å²) in [6, 6.07) is 16.9. The Hall–Kier alpha value is -2.53. The first kappa shape index (κ1) is 33.9. The molecule has 10 heteroatoms. The van der Waals surface area contributed by atoms with Crippen molar-refractivity contribution < 1.29 is 46.4 Å². The van der Waals surface area contributed by atoms with E-state index in [1.54, 1.807) is 12.1 Å². The van der Waals surface area contributed by atoms with Crippen LogP contribution in [0.15, 0.2) is 65.7 Å². The highest BCUT2D eigenvalue weighted by Crippen LogP contribution is 2.71. The molecule has 3 saturated carbocycles. The smallest absolute Gasteiger partial charge is 0.456 e. The fourth-order valence-corrected chi connectivity index (χ4v) is 9.84. The van der Waals surface area contributed by atoms with Gasteiger partial charge in [0, 0.05) is 29.6 Å². The lowest BCUT2D eigenvalue weighted by Crippen LogP contribution is -2.65. The zero-order valence-electron chi connectivity index (χ0n) is 27.7. The summed E-state index contributed by atoms with van der Waals surface area (Å²) in [6.07, 6.45) is -4.69. The molecule has 5 nitrogen and oxygen atoms in total. The van der Waals surface area contributed by atoms with Crippen LogP contribution in [0.25, 0.3) is 0 Å². The summed E-state index contributed by atoms with van der Waals surface area (Å²) in [4.78, 5) is 0. The number of rotatable bonds is 5. The lowest BCUT2D eigenvalue weighted by Gasteiger charge is -2.59. The van der Waals surface area contributed by atoms with E-state index in [2.05, 4.69) is 13.8 Å². The van der Waals surface area contributed by atoms with Crippen LogP contribution in [-0.4, -0.2) is 52.5 Å². The van der Waals surface area contributed by atoms with Gasteiger partial charge in [-0.25, -0.2) is 0 Å². The summed E-state index contributed by atoms with van der Waals surface area (Å²) in [5.74, 6) is -7.18. The van der Waals surface area contributed by atoms with Crippen molar-refractivity contribution in [2.24, 2.45) is 22.7 Å². The Labute approximate surface area is 278 Å². The molecule has 0 radical (unpaired) electrons. The van der Waals surface area contributed by atoms with Crippen molar-refractivity contribution >= 4 is 0 Å². The molecule has 48 heavy (non-hydrogen) atoms. The summed E-state index contributed by atoms with van der Waals surface area (Å²) in [6.45, 7) is 6.87. The molecule has 2 N–H and O–H groups in total. The molecule has 7 rings (SSSR count). The Bertz CT molecular complexity index is 1550. The third-order valence-electron chi connectivity index (χ3n) is 12.4. The minimum Gasteiger partial charge on any atom is -0.489 e. The normalized spacial score (nSPS) is 35.9. The van der Waals surface area contributed by atoms with E-state index in [1.807, 2.05) is 42.5 Å². The number of allylic oxidation sites excluding steroid dienone is 1. The standard InChI is InChI=1S/C38H45F5O5/c1-32(2)22-47-35(48-23-32)17-14-30-31-27(13-16-34(30,44)21-35)29-15-18-36(45,37(39,40)38(41,42)43)33(29,3)19-28(31)25-9-11-26(12-10-25)46-20-24-7-5-4-6-8-24/h4-12,27-29,44-45H,13-23H2,1-3H3/t27?,28-,29?,33+,34?,36+/m1/s1. The van der Waals surface area contributed by atoms with Crippen LogP contribution in [0.4, 0.5) is 22.0 Å². The van der Waals surface area contributed by atoms with Crippen molar-refractivity contribution in [3.63, 3.8) is 0 Å². The van der Waals surface area contributed by atoms with Crippen molar-refractivity contribution in [2.75, 3.05) is 13.2 Å². The molecule has 1 spiro atoms. The molecule has 5 aliphatic rings. The van der Waals surface area contributed by atoms with E-state index in [-0.39, 0.29) is 30.6 Å². The highest BCUT2D eigenvalue weighted by Gasteiger charge is 2.79. The van der Waals surface area contributed by atoms with Crippen LogP contribution in [0.1, 0.15) is 89.2 Å². The van der Waals surface area contributed by atoms with Gasteiger partial charge in [-0.2, -0.15) is 22.0 Å². The van der Waals surface area contributed by atoms with Gasteiger partial charge in [0.1, 0.15) is 18.0 Å². The molecule has 0 bridgehead atoms. The average molecular weight is 677 g/mol. The van der Waals surface area contributed by atoms with E-state index in [4.69, 9.17) is 14.2 Å². The Kier molecular flexibility index (Phi) is 7.95. The maximum Gasteiger partial charge on any atom is 0.456 e. The molecular weight excluding hydrogens is 631 g/mol. The van der Waals surface area contributed by atoms with Crippen LogP contribution in [0.3, 0.4) is 0 Å². The van der Waals surface area contributed by atoms with Crippen LogP contribution < -0.4 is 4.74 Å². The van der Waals surface area contributed by atoms with Crippen LogP contribution in [-0.2, 0) is 16.1 Å². The zero-order valence-corrected chi connectivity index (χ0v) is 27.7. The predicted octanol–water partition coefficient (Wildman–Crippen LogP) is 8.49. The second-order valence-electron chi connectivity index (χ2n) is 16.0. The Morgan fingerprint density at radius 3 is 2.17 bits per heavy atom. The van der Waals surface area contributed by atoms with Crippen LogP contribution in [0.5, 0.6) is 5.75 Å². The third kappa shape index (κ3) is 5.23. The summed E-state index contributed by atoms with van der Waals surface area (Å²) in [5, 5.41) is 23.9. The number of halogens is 5. The second kappa shape index (κ2) is 11.2. The average Bonchev–Trinajstić information content (AvgIpc) is 3.32. The fraction of sp³-hybridized carbons (Fsp3) is 0.632. The van der Waals surface area contributed by atoms with E-state index in [0.717, 1.165) is 22.3 Å². The zero-order chi connectivity index (χ0) is 34.4. The maximum atomic E-state index is 15.4. The van der Waals surface area contributed by atoms with Gasteiger partial charge < -0.3 is 24.4 Å². The van der Waals surface area contributed by atoms with E-state index >= 15 is 8.78 Å². The van der Waals surface area contributed by atoms with Gasteiger partial charge in [0.15, 0.2) is 5.79 Å². The highest BCUT2D eigenvalue weighted by molar-refractivity contribution is 5.45. The quantitative estimate of drug-likeness (QED) is 0.246. The first-order valence-electron chi connectivity index (χ1n) is 17.1. The van der Waals surface area contributed by atoms with E-state index in [0.29, 0.717) is 51.3 Å². The Morgan fingerprint density at radius 1 is 0.854 bits per heavy atom. The van der Waals surface area contributed by atoms with Gasteiger partial charge in [-0.3, -0.25) is 0 Å². The summed E-state index contributed by atoms with van der Waals surface area (Å²) >= 11 is 0.